The minimum absolute atomic E-state index is 0.0670. The molecule has 4 rings (SSSR count). The summed E-state index contributed by atoms with van der Waals surface area (Å²) in [6.45, 7) is 1.57. The van der Waals surface area contributed by atoms with E-state index in [1.54, 1.807) is 24.3 Å². The maximum atomic E-state index is 12.9. The molecule has 2 N–H and O–H groups in total. The van der Waals surface area contributed by atoms with Crippen LogP contribution < -0.4 is 19.5 Å². The van der Waals surface area contributed by atoms with E-state index >= 15 is 0 Å². The third kappa shape index (κ3) is 5.62. The molecule has 2 aliphatic rings. The smallest absolute Gasteiger partial charge is 0.262 e. The van der Waals surface area contributed by atoms with Crippen molar-refractivity contribution in [3.8, 4) is 11.5 Å². The van der Waals surface area contributed by atoms with Gasteiger partial charge in [0.2, 0.25) is 0 Å². The van der Waals surface area contributed by atoms with Gasteiger partial charge in [-0.1, -0.05) is 17.7 Å². The molecule has 0 saturated heterocycles. The maximum absolute atomic E-state index is 12.9. The number of anilines is 1. The summed E-state index contributed by atoms with van der Waals surface area (Å²) >= 11 is 0. The van der Waals surface area contributed by atoms with Gasteiger partial charge in [-0.2, -0.15) is 0 Å². The van der Waals surface area contributed by atoms with Crippen molar-refractivity contribution in [1.82, 2.24) is 5.32 Å². The van der Waals surface area contributed by atoms with Gasteiger partial charge in [-0.25, -0.2) is 8.42 Å². The quantitative estimate of drug-likeness (QED) is 0.607. The van der Waals surface area contributed by atoms with Crippen molar-refractivity contribution in [2.45, 2.75) is 43.4 Å². The van der Waals surface area contributed by atoms with E-state index in [2.05, 4.69) is 16.1 Å². The maximum Gasteiger partial charge on any atom is 0.262 e. The summed E-state index contributed by atoms with van der Waals surface area (Å²) in [7, 11) is -3.86. The number of benzene rings is 2. The molecule has 2 aromatic rings. The number of carbonyl (C=O) groups excluding carboxylic acids is 1. The Labute approximate surface area is 188 Å². The Hall–Kier alpha value is -3.00. The van der Waals surface area contributed by atoms with Crippen molar-refractivity contribution >= 4 is 21.6 Å². The number of rotatable bonds is 7. The minimum atomic E-state index is -3.86. The highest BCUT2D eigenvalue weighted by Gasteiger charge is 2.19. The lowest BCUT2D eigenvalue weighted by Gasteiger charge is -2.14. The lowest BCUT2D eigenvalue weighted by Crippen LogP contribution is -2.25. The summed E-state index contributed by atoms with van der Waals surface area (Å²) in [5, 5.41) is 2.92. The first-order valence-electron chi connectivity index (χ1n) is 11.0. The van der Waals surface area contributed by atoms with E-state index in [1.807, 2.05) is 0 Å². The van der Waals surface area contributed by atoms with Crippen LogP contribution in [0.25, 0.3) is 0 Å². The summed E-state index contributed by atoms with van der Waals surface area (Å²) in [4.78, 5) is 12.6. The number of ether oxygens (including phenoxy) is 2. The minimum Gasteiger partial charge on any atom is -0.490 e. The highest BCUT2D eigenvalue weighted by Crippen LogP contribution is 2.32. The average Bonchev–Trinajstić information content (AvgIpc) is 3.04. The van der Waals surface area contributed by atoms with Crippen molar-refractivity contribution in [1.29, 1.82) is 0 Å². The van der Waals surface area contributed by atoms with Gasteiger partial charge in [0, 0.05) is 30.3 Å². The molecule has 0 fully saturated rings. The van der Waals surface area contributed by atoms with Crippen LogP contribution >= 0.6 is 0 Å². The van der Waals surface area contributed by atoms with E-state index in [0.29, 0.717) is 42.5 Å². The molecule has 0 aromatic heterocycles. The van der Waals surface area contributed by atoms with Crippen LogP contribution in [0.4, 0.5) is 5.69 Å². The molecular formula is C24H28N2O5S. The van der Waals surface area contributed by atoms with Gasteiger partial charge >= 0.3 is 0 Å². The number of allylic oxidation sites excluding steroid dienone is 1. The molecule has 0 unspecified atom stereocenters. The fourth-order valence-electron chi connectivity index (χ4n) is 3.82. The Morgan fingerprint density at radius 1 is 0.969 bits per heavy atom. The first kappa shape index (κ1) is 22.2. The Bertz CT molecular complexity index is 1110. The SMILES string of the molecule is O=C(NCCC1=CCCCC1)c1cccc(NS(=O)(=O)c2ccc3c(c2)OCCCO3)c1. The lowest BCUT2D eigenvalue weighted by molar-refractivity contribution is 0.0954. The number of fused-ring (bicyclic) bond motifs is 1. The topological polar surface area (TPSA) is 93.7 Å². The molecule has 170 valence electrons. The van der Waals surface area contributed by atoms with Crippen molar-refractivity contribution in [2.75, 3.05) is 24.5 Å². The number of sulfonamides is 1. The van der Waals surface area contributed by atoms with Crippen LogP contribution in [0.5, 0.6) is 11.5 Å². The van der Waals surface area contributed by atoms with E-state index in [0.717, 1.165) is 25.7 Å². The van der Waals surface area contributed by atoms with Crippen LogP contribution in [0.2, 0.25) is 0 Å². The molecule has 0 radical (unpaired) electrons. The van der Waals surface area contributed by atoms with E-state index < -0.39 is 10.0 Å². The molecule has 0 saturated carbocycles. The van der Waals surface area contributed by atoms with Crippen molar-refractivity contribution in [3.63, 3.8) is 0 Å². The summed E-state index contributed by atoms with van der Waals surface area (Å²) < 4.78 is 39.5. The molecule has 1 amide bonds. The lowest BCUT2D eigenvalue weighted by atomic mass is 9.97. The van der Waals surface area contributed by atoms with Gasteiger partial charge in [-0.3, -0.25) is 9.52 Å². The number of carbonyl (C=O) groups is 1. The Balaban J connectivity index is 1.41. The summed E-state index contributed by atoms with van der Waals surface area (Å²) in [5.74, 6) is 0.716. The molecule has 8 heteroatoms. The molecule has 1 heterocycles. The van der Waals surface area contributed by atoms with Crippen LogP contribution in [-0.4, -0.2) is 34.1 Å². The zero-order valence-electron chi connectivity index (χ0n) is 17.9. The van der Waals surface area contributed by atoms with Gasteiger partial charge in [0.25, 0.3) is 15.9 Å². The molecule has 2 aromatic carbocycles. The fourth-order valence-corrected chi connectivity index (χ4v) is 4.88. The summed E-state index contributed by atoms with van der Waals surface area (Å²) in [6.07, 6.45) is 8.53. The van der Waals surface area contributed by atoms with Gasteiger partial charge in [0.05, 0.1) is 18.1 Å². The zero-order chi connectivity index (χ0) is 22.4. The van der Waals surface area contributed by atoms with Gasteiger partial charge in [0.15, 0.2) is 11.5 Å². The van der Waals surface area contributed by atoms with Gasteiger partial charge in [-0.15, -0.1) is 0 Å². The van der Waals surface area contributed by atoms with Crippen LogP contribution in [0.3, 0.4) is 0 Å². The first-order chi connectivity index (χ1) is 15.5. The number of hydrogen-bond acceptors (Lipinski definition) is 5. The predicted octanol–water partition coefficient (Wildman–Crippen LogP) is 4.27. The third-order valence-electron chi connectivity index (χ3n) is 5.52. The molecule has 0 atom stereocenters. The average molecular weight is 457 g/mol. The second-order valence-corrected chi connectivity index (χ2v) is 9.64. The highest BCUT2D eigenvalue weighted by molar-refractivity contribution is 7.92. The van der Waals surface area contributed by atoms with Crippen molar-refractivity contribution in [2.24, 2.45) is 0 Å². The molecular weight excluding hydrogens is 428 g/mol. The first-order valence-corrected chi connectivity index (χ1v) is 12.5. The van der Waals surface area contributed by atoms with Gasteiger partial charge in [0.1, 0.15) is 0 Å². The highest BCUT2D eigenvalue weighted by atomic mass is 32.2. The second kappa shape index (κ2) is 10.1. The molecule has 0 bridgehead atoms. The summed E-state index contributed by atoms with van der Waals surface area (Å²) in [6, 6.07) is 11.0. The molecule has 1 aliphatic carbocycles. The molecule has 32 heavy (non-hydrogen) atoms. The Kier molecular flexibility index (Phi) is 6.99. The van der Waals surface area contributed by atoms with E-state index in [-0.39, 0.29) is 10.8 Å². The Morgan fingerprint density at radius 2 is 1.81 bits per heavy atom. The van der Waals surface area contributed by atoms with Crippen LogP contribution in [0.15, 0.2) is 59.0 Å². The van der Waals surface area contributed by atoms with Crippen molar-refractivity contribution < 1.29 is 22.7 Å². The molecule has 1 aliphatic heterocycles. The van der Waals surface area contributed by atoms with Gasteiger partial charge in [-0.05, 0) is 62.4 Å². The second-order valence-electron chi connectivity index (χ2n) is 7.96. The number of nitrogens with one attached hydrogen (secondary N) is 2. The molecule has 7 nitrogen and oxygen atoms in total. The fraction of sp³-hybridized carbons (Fsp3) is 0.375. The third-order valence-corrected chi connectivity index (χ3v) is 6.90. The summed E-state index contributed by atoms with van der Waals surface area (Å²) in [5.41, 5.74) is 2.12. The predicted molar refractivity (Wildman–Crippen MR) is 123 cm³/mol. The van der Waals surface area contributed by atoms with Crippen LogP contribution in [-0.2, 0) is 10.0 Å². The molecule has 0 spiro atoms. The zero-order valence-corrected chi connectivity index (χ0v) is 18.7. The van der Waals surface area contributed by atoms with E-state index in [4.69, 9.17) is 9.47 Å². The monoisotopic (exact) mass is 456 g/mol. The largest absolute Gasteiger partial charge is 0.490 e. The van der Waals surface area contributed by atoms with E-state index in [9.17, 15) is 13.2 Å². The van der Waals surface area contributed by atoms with E-state index in [1.165, 1.54) is 36.6 Å². The van der Waals surface area contributed by atoms with Crippen LogP contribution in [0, 0.1) is 0 Å². The standard InChI is InChI=1S/C24H28N2O5S/c27-24(25-13-12-18-6-2-1-3-7-18)19-8-4-9-20(16-19)26-32(28,29)21-10-11-22-23(17-21)31-15-5-14-30-22/h4,6,8-11,16-17,26H,1-3,5,7,12-15H2,(H,25,27). The van der Waals surface area contributed by atoms with Crippen LogP contribution in [0.1, 0.15) is 48.9 Å². The van der Waals surface area contributed by atoms with Gasteiger partial charge < -0.3 is 14.8 Å². The normalized spacial score (nSPS) is 15.9. The Morgan fingerprint density at radius 3 is 2.62 bits per heavy atom. The van der Waals surface area contributed by atoms with Crippen molar-refractivity contribution in [3.05, 3.63) is 59.7 Å². The number of amides is 1. The number of hydrogen-bond donors (Lipinski definition) is 2.